The van der Waals surface area contributed by atoms with Crippen LogP contribution >= 0.6 is 11.8 Å². The predicted octanol–water partition coefficient (Wildman–Crippen LogP) is 1.62. The first-order valence-corrected chi connectivity index (χ1v) is 6.41. The van der Waals surface area contributed by atoms with Gasteiger partial charge in [-0.2, -0.15) is 0 Å². The Hall–Kier alpha value is -1.04. The topological polar surface area (TPSA) is 57.0 Å². The molecule has 6 heteroatoms. The van der Waals surface area contributed by atoms with Crippen LogP contribution in [0.4, 0.5) is 0 Å². The van der Waals surface area contributed by atoms with Gasteiger partial charge < -0.3 is 4.74 Å². The predicted molar refractivity (Wildman–Crippen MR) is 57.8 cm³/mol. The van der Waals surface area contributed by atoms with Gasteiger partial charge in [-0.15, -0.1) is 10.2 Å². The van der Waals surface area contributed by atoms with Crippen molar-refractivity contribution < 1.29 is 9.53 Å². The van der Waals surface area contributed by atoms with Crippen molar-refractivity contribution in [3.8, 4) is 0 Å². The fourth-order valence-electron chi connectivity index (χ4n) is 1.70. The Kier molecular flexibility index (Phi) is 2.20. The molecule has 0 aromatic carbocycles. The third kappa shape index (κ3) is 1.61. The van der Waals surface area contributed by atoms with Gasteiger partial charge in [0.25, 0.3) is 0 Å². The first-order chi connectivity index (χ1) is 7.69. The zero-order chi connectivity index (χ0) is 11.2. The molecule has 3 rings (SSSR count). The molecule has 1 unspecified atom stereocenters. The van der Waals surface area contributed by atoms with Gasteiger partial charge >= 0.3 is 5.97 Å². The number of rotatable bonds is 2. The summed E-state index contributed by atoms with van der Waals surface area (Å²) in [6.45, 7) is 1.96. The third-order valence-electron chi connectivity index (χ3n) is 3.18. The van der Waals surface area contributed by atoms with Gasteiger partial charge in [0.15, 0.2) is 11.4 Å². The van der Waals surface area contributed by atoms with Gasteiger partial charge in [0.2, 0.25) is 0 Å². The molecule has 1 aromatic heterocycles. The normalized spacial score (nSPS) is 25.9. The number of aromatic nitrogens is 3. The molecule has 1 aliphatic heterocycles. The Balaban J connectivity index is 1.75. The van der Waals surface area contributed by atoms with E-state index in [2.05, 4.69) is 10.2 Å². The van der Waals surface area contributed by atoms with E-state index in [4.69, 9.17) is 4.74 Å². The van der Waals surface area contributed by atoms with E-state index in [0.717, 1.165) is 30.2 Å². The van der Waals surface area contributed by atoms with Crippen LogP contribution in [0.1, 0.15) is 32.4 Å². The van der Waals surface area contributed by atoms with E-state index < -0.39 is 0 Å². The Morgan fingerprint density at radius 3 is 3.25 bits per heavy atom. The molecular weight excluding hydrogens is 226 g/mol. The van der Waals surface area contributed by atoms with E-state index in [9.17, 15) is 4.79 Å². The van der Waals surface area contributed by atoms with Crippen molar-refractivity contribution in [2.75, 3.05) is 5.75 Å². The fourth-order valence-corrected chi connectivity index (χ4v) is 2.62. The number of fused-ring (bicyclic) bond motifs is 1. The van der Waals surface area contributed by atoms with Crippen molar-refractivity contribution in [3.63, 3.8) is 0 Å². The summed E-state index contributed by atoms with van der Waals surface area (Å²) >= 11 is 1.65. The van der Waals surface area contributed by atoms with Crippen molar-refractivity contribution in [1.29, 1.82) is 0 Å². The van der Waals surface area contributed by atoms with Gasteiger partial charge in [0.05, 0.1) is 5.41 Å². The Bertz CT molecular complexity index is 427. The summed E-state index contributed by atoms with van der Waals surface area (Å²) < 4.78 is 7.38. The van der Waals surface area contributed by atoms with Crippen LogP contribution in [-0.2, 0) is 9.53 Å². The molecule has 1 saturated carbocycles. The molecule has 1 fully saturated rings. The van der Waals surface area contributed by atoms with Gasteiger partial charge in [-0.25, -0.2) is 0 Å². The number of ether oxygens (including phenoxy) is 1. The number of hydrogen-bond donors (Lipinski definition) is 0. The van der Waals surface area contributed by atoms with Gasteiger partial charge in [-0.3, -0.25) is 9.36 Å². The number of carbonyl (C=O) groups excluding carboxylic acids is 1. The highest BCUT2D eigenvalue weighted by atomic mass is 32.2. The fraction of sp³-hybridized carbons (Fsp3) is 0.700. The number of carbonyl (C=O) groups is 1. The Morgan fingerprint density at radius 2 is 2.50 bits per heavy atom. The lowest BCUT2D eigenvalue weighted by Crippen LogP contribution is -2.25. The maximum Gasteiger partial charge on any atom is 0.313 e. The van der Waals surface area contributed by atoms with Crippen LogP contribution in [0.2, 0.25) is 0 Å². The van der Waals surface area contributed by atoms with Crippen LogP contribution in [0, 0.1) is 5.41 Å². The van der Waals surface area contributed by atoms with Crippen LogP contribution in [0.25, 0.3) is 0 Å². The van der Waals surface area contributed by atoms with Crippen LogP contribution in [0.3, 0.4) is 0 Å². The standard InChI is InChI=1S/C10H13N3O2S/c1-10(3-4-10)8(14)15-7-2-5-16-9-12-11-6-13(7)9/h6-7H,2-5H2,1H3. The van der Waals surface area contributed by atoms with E-state index in [0.29, 0.717) is 0 Å². The Labute approximate surface area is 97.6 Å². The molecule has 0 N–H and O–H groups in total. The average molecular weight is 239 g/mol. The van der Waals surface area contributed by atoms with Gasteiger partial charge in [-0.05, 0) is 19.8 Å². The van der Waals surface area contributed by atoms with Crippen LogP contribution < -0.4 is 0 Å². The molecule has 16 heavy (non-hydrogen) atoms. The molecule has 2 heterocycles. The number of esters is 1. The molecular formula is C10H13N3O2S. The average Bonchev–Trinajstić information content (AvgIpc) is 2.85. The zero-order valence-corrected chi connectivity index (χ0v) is 9.87. The minimum atomic E-state index is -0.223. The van der Waals surface area contributed by atoms with Crippen molar-refractivity contribution in [2.45, 2.75) is 37.6 Å². The van der Waals surface area contributed by atoms with Crippen LogP contribution in [0.15, 0.2) is 11.5 Å². The molecule has 2 aliphatic rings. The summed E-state index contributed by atoms with van der Waals surface area (Å²) in [5, 5.41) is 8.65. The second kappa shape index (κ2) is 3.48. The summed E-state index contributed by atoms with van der Waals surface area (Å²) in [6.07, 6.45) is 4.15. The summed E-state index contributed by atoms with van der Waals surface area (Å²) in [4.78, 5) is 11.8. The molecule has 5 nitrogen and oxygen atoms in total. The van der Waals surface area contributed by atoms with E-state index in [1.165, 1.54) is 0 Å². The summed E-state index contributed by atoms with van der Waals surface area (Å²) in [5.41, 5.74) is -0.223. The summed E-state index contributed by atoms with van der Waals surface area (Å²) in [7, 11) is 0. The highest BCUT2D eigenvalue weighted by Gasteiger charge is 2.47. The summed E-state index contributed by atoms with van der Waals surface area (Å²) in [5.74, 6) is 0.844. The highest BCUT2D eigenvalue weighted by molar-refractivity contribution is 7.99. The SMILES string of the molecule is CC1(C(=O)OC2CCSc3nncn32)CC1. The van der Waals surface area contributed by atoms with Crippen LogP contribution in [0.5, 0.6) is 0 Å². The van der Waals surface area contributed by atoms with Gasteiger partial charge in [-0.1, -0.05) is 11.8 Å². The Morgan fingerprint density at radius 1 is 1.69 bits per heavy atom. The highest BCUT2D eigenvalue weighted by Crippen LogP contribution is 2.47. The van der Waals surface area contributed by atoms with E-state index in [-0.39, 0.29) is 17.6 Å². The molecule has 0 amide bonds. The maximum absolute atomic E-state index is 11.8. The van der Waals surface area contributed by atoms with Crippen molar-refractivity contribution >= 4 is 17.7 Å². The quantitative estimate of drug-likeness (QED) is 0.734. The second-order valence-corrected chi connectivity index (χ2v) is 5.64. The molecule has 1 atom stereocenters. The molecule has 1 aliphatic carbocycles. The number of hydrogen-bond acceptors (Lipinski definition) is 5. The van der Waals surface area contributed by atoms with Crippen molar-refractivity contribution in [1.82, 2.24) is 14.8 Å². The first-order valence-electron chi connectivity index (χ1n) is 5.42. The van der Waals surface area contributed by atoms with Gasteiger partial charge in [0.1, 0.15) is 6.33 Å². The maximum atomic E-state index is 11.8. The van der Waals surface area contributed by atoms with Crippen molar-refractivity contribution in [3.05, 3.63) is 6.33 Å². The molecule has 0 bridgehead atoms. The lowest BCUT2D eigenvalue weighted by molar-refractivity contribution is -0.160. The monoisotopic (exact) mass is 239 g/mol. The van der Waals surface area contributed by atoms with Crippen LogP contribution in [-0.4, -0.2) is 26.5 Å². The first kappa shape index (κ1) is 10.1. The smallest absolute Gasteiger partial charge is 0.313 e. The molecule has 1 aromatic rings. The molecule has 0 spiro atoms. The molecule has 0 saturated heterocycles. The third-order valence-corrected chi connectivity index (χ3v) is 4.17. The summed E-state index contributed by atoms with van der Waals surface area (Å²) in [6, 6.07) is 0. The van der Waals surface area contributed by atoms with E-state index >= 15 is 0 Å². The largest absolute Gasteiger partial charge is 0.441 e. The minimum absolute atomic E-state index is 0.0796. The lowest BCUT2D eigenvalue weighted by atomic mass is 10.1. The lowest BCUT2D eigenvalue weighted by Gasteiger charge is -2.24. The molecule has 86 valence electrons. The minimum Gasteiger partial charge on any atom is -0.441 e. The van der Waals surface area contributed by atoms with Gasteiger partial charge in [0, 0.05) is 12.2 Å². The second-order valence-electron chi connectivity index (χ2n) is 4.58. The molecule has 0 radical (unpaired) electrons. The van der Waals surface area contributed by atoms with E-state index in [1.54, 1.807) is 18.1 Å². The van der Waals surface area contributed by atoms with E-state index in [1.807, 2.05) is 11.5 Å². The number of nitrogens with zero attached hydrogens (tertiary/aromatic N) is 3. The zero-order valence-electron chi connectivity index (χ0n) is 9.05. The number of thioether (sulfide) groups is 1. The van der Waals surface area contributed by atoms with Crippen molar-refractivity contribution in [2.24, 2.45) is 5.41 Å².